The SMILES string of the molecule is COCCn1c(SCC(=O)N(C)Cc2ccsc2)nc2ccc(Br)cc2c1=O. The Morgan fingerprint density at radius 3 is 2.93 bits per heavy atom. The number of carbonyl (C=O) groups is 1. The van der Waals surface area contributed by atoms with E-state index in [2.05, 4.69) is 20.9 Å². The summed E-state index contributed by atoms with van der Waals surface area (Å²) in [4.78, 5) is 31.8. The number of thiophene rings is 1. The first kappa shape index (κ1) is 21.0. The zero-order valence-electron chi connectivity index (χ0n) is 15.6. The average Bonchev–Trinajstić information content (AvgIpc) is 3.19. The number of methoxy groups -OCH3 is 1. The number of benzene rings is 1. The van der Waals surface area contributed by atoms with Crippen LogP contribution in [0.3, 0.4) is 0 Å². The van der Waals surface area contributed by atoms with Gasteiger partial charge in [-0.05, 0) is 40.6 Å². The van der Waals surface area contributed by atoms with Crippen LogP contribution < -0.4 is 5.56 Å². The van der Waals surface area contributed by atoms with Gasteiger partial charge in [0.1, 0.15) is 0 Å². The number of carbonyl (C=O) groups excluding carboxylic acids is 1. The molecule has 0 bridgehead atoms. The summed E-state index contributed by atoms with van der Waals surface area (Å²) in [6.07, 6.45) is 0. The molecule has 0 spiro atoms. The van der Waals surface area contributed by atoms with Gasteiger partial charge in [-0.3, -0.25) is 14.2 Å². The summed E-state index contributed by atoms with van der Waals surface area (Å²) < 4.78 is 7.53. The highest BCUT2D eigenvalue weighted by atomic mass is 79.9. The lowest BCUT2D eigenvalue weighted by molar-refractivity contribution is -0.127. The molecule has 9 heteroatoms. The highest BCUT2D eigenvalue weighted by molar-refractivity contribution is 9.10. The number of fused-ring (bicyclic) bond motifs is 1. The molecule has 2 aromatic heterocycles. The predicted molar refractivity (Wildman–Crippen MR) is 117 cm³/mol. The average molecular weight is 482 g/mol. The molecule has 0 N–H and O–H groups in total. The quantitative estimate of drug-likeness (QED) is 0.363. The summed E-state index contributed by atoms with van der Waals surface area (Å²) >= 11 is 6.28. The first-order valence-corrected chi connectivity index (χ1v) is 11.3. The molecule has 0 saturated carbocycles. The van der Waals surface area contributed by atoms with Gasteiger partial charge in [0.05, 0.1) is 29.8 Å². The third-order valence-corrected chi connectivity index (χ3v) is 6.34. The number of halogens is 1. The van der Waals surface area contributed by atoms with Crippen LogP contribution >= 0.6 is 39.0 Å². The molecule has 0 saturated heterocycles. The first-order chi connectivity index (χ1) is 13.5. The summed E-state index contributed by atoms with van der Waals surface area (Å²) in [7, 11) is 3.37. The van der Waals surface area contributed by atoms with Gasteiger partial charge in [-0.25, -0.2) is 4.98 Å². The number of hydrogen-bond donors (Lipinski definition) is 0. The number of amides is 1. The normalized spacial score (nSPS) is 11.1. The van der Waals surface area contributed by atoms with E-state index >= 15 is 0 Å². The van der Waals surface area contributed by atoms with Gasteiger partial charge < -0.3 is 9.64 Å². The largest absolute Gasteiger partial charge is 0.383 e. The first-order valence-electron chi connectivity index (χ1n) is 8.56. The van der Waals surface area contributed by atoms with Crippen LogP contribution in [-0.2, 0) is 22.6 Å². The van der Waals surface area contributed by atoms with Gasteiger partial charge in [-0.2, -0.15) is 11.3 Å². The number of aromatic nitrogens is 2. The van der Waals surface area contributed by atoms with E-state index in [1.54, 1.807) is 47.1 Å². The second-order valence-electron chi connectivity index (χ2n) is 6.18. The second-order valence-corrected chi connectivity index (χ2v) is 8.81. The highest BCUT2D eigenvalue weighted by Crippen LogP contribution is 2.21. The van der Waals surface area contributed by atoms with Crippen LogP contribution in [0.15, 0.2) is 49.4 Å². The maximum atomic E-state index is 12.9. The van der Waals surface area contributed by atoms with Crippen molar-refractivity contribution in [1.82, 2.24) is 14.5 Å². The maximum Gasteiger partial charge on any atom is 0.262 e. The van der Waals surface area contributed by atoms with Gasteiger partial charge in [-0.15, -0.1) is 0 Å². The molecule has 0 aliphatic carbocycles. The summed E-state index contributed by atoms with van der Waals surface area (Å²) in [5, 5.41) is 5.08. The minimum Gasteiger partial charge on any atom is -0.383 e. The van der Waals surface area contributed by atoms with E-state index < -0.39 is 0 Å². The Morgan fingerprint density at radius 2 is 2.21 bits per heavy atom. The van der Waals surface area contributed by atoms with Crippen molar-refractivity contribution in [3.05, 3.63) is 55.4 Å². The van der Waals surface area contributed by atoms with Crippen molar-refractivity contribution in [2.24, 2.45) is 0 Å². The lowest BCUT2D eigenvalue weighted by Gasteiger charge is -2.17. The zero-order valence-corrected chi connectivity index (χ0v) is 18.8. The van der Waals surface area contributed by atoms with E-state index in [1.165, 1.54) is 11.8 Å². The molecule has 0 radical (unpaired) electrons. The number of hydrogen-bond acceptors (Lipinski definition) is 6. The molecule has 6 nitrogen and oxygen atoms in total. The summed E-state index contributed by atoms with van der Waals surface area (Å²) in [6.45, 7) is 1.34. The standard InChI is InChI=1S/C19H20BrN3O3S2/c1-22(10-13-5-8-27-11-13)17(24)12-28-19-21-16-4-3-14(20)9-15(16)18(25)23(19)6-7-26-2/h3-5,8-9,11H,6-7,10,12H2,1-2H3. The van der Waals surface area contributed by atoms with Crippen molar-refractivity contribution in [3.8, 4) is 0 Å². The van der Waals surface area contributed by atoms with Crippen molar-refractivity contribution < 1.29 is 9.53 Å². The molecular weight excluding hydrogens is 462 g/mol. The molecule has 0 aliphatic rings. The Balaban J connectivity index is 1.81. The lowest BCUT2D eigenvalue weighted by Crippen LogP contribution is -2.29. The van der Waals surface area contributed by atoms with Gasteiger partial charge >= 0.3 is 0 Å². The van der Waals surface area contributed by atoms with Crippen molar-refractivity contribution in [1.29, 1.82) is 0 Å². The van der Waals surface area contributed by atoms with Gasteiger partial charge in [0.15, 0.2) is 5.16 Å². The molecule has 1 aromatic carbocycles. The van der Waals surface area contributed by atoms with Crippen molar-refractivity contribution in [3.63, 3.8) is 0 Å². The van der Waals surface area contributed by atoms with E-state index in [9.17, 15) is 9.59 Å². The van der Waals surface area contributed by atoms with Gasteiger partial charge in [0.2, 0.25) is 5.91 Å². The lowest BCUT2D eigenvalue weighted by atomic mass is 10.2. The number of ether oxygens (including phenoxy) is 1. The Hall–Kier alpha value is -1.68. The minimum absolute atomic E-state index is 0.0142. The highest BCUT2D eigenvalue weighted by Gasteiger charge is 2.16. The van der Waals surface area contributed by atoms with E-state index in [4.69, 9.17) is 4.74 Å². The Kier molecular flexibility index (Phi) is 7.28. The van der Waals surface area contributed by atoms with Crippen molar-refractivity contribution in [2.75, 3.05) is 26.5 Å². The smallest absolute Gasteiger partial charge is 0.262 e. The molecular formula is C19H20BrN3O3S2. The molecule has 2 heterocycles. The third-order valence-electron chi connectivity index (χ3n) is 4.15. The van der Waals surface area contributed by atoms with Crippen LogP contribution in [0.4, 0.5) is 0 Å². The monoisotopic (exact) mass is 481 g/mol. The van der Waals surface area contributed by atoms with Crippen molar-refractivity contribution >= 4 is 55.8 Å². The van der Waals surface area contributed by atoms with E-state index in [0.717, 1.165) is 10.0 Å². The molecule has 0 aliphatic heterocycles. The molecule has 3 rings (SSSR count). The third kappa shape index (κ3) is 5.02. The number of rotatable bonds is 8. The predicted octanol–water partition coefficient (Wildman–Crippen LogP) is 3.62. The Labute approximate surface area is 179 Å². The summed E-state index contributed by atoms with van der Waals surface area (Å²) in [6, 6.07) is 7.42. The Bertz CT molecular complexity index is 1020. The van der Waals surface area contributed by atoms with Crippen LogP contribution in [0.2, 0.25) is 0 Å². The topological polar surface area (TPSA) is 64.4 Å². The molecule has 3 aromatic rings. The molecule has 28 heavy (non-hydrogen) atoms. The molecule has 0 unspecified atom stereocenters. The second kappa shape index (κ2) is 9.69. The maximum absolute atomic E-state index is 12.9. The molecule has 148 valence electrons. The number of nitrogens with zero attached hydrogens (tertiary/aromatic N) is 3. The van der Waals surface area contributed by atoms with Crippen LogP contribution in [-0.4, -0.2) is 46.9 Å². The van der Waals surface area contributed by atoms with Gasteiger partial charge in [0.25, 0.3) is 5.56 Å². The van der Waals surface area contributed by atoms with Gasteiger partial charge in [0, 0.05) is 25.2 Å². The fraction of sp³-hybridized carbons (Fsp3) is 0.316. The van der Waals surface area contributed by atoms with E-state index in [1.807, 2.05) is 22.9 Å². The molecule has 0 atom stereocenters. The van der Waals surface area contributed by atoms with E-state index in [-0.39, 0.29) is 17.2 Å². The summed E-state index contributed by atoms with van der Waals surface area (Å²) in [5.41, 5.74) is 1.59. The minimum atomic E-state index is -0.134. The van der Waals surface area contributed by atoms with Crippen LogP contribution in [0.25, 0.3) is 10.9 Å². The van der Waals surface area contributed by atoms with E-state index in [0.29, 0.717) is 35.8 Å². The van der Waals surface area contributed by atoms with Crippen LogP contribution in [0, 0.1) is 0 Å². The van der Waals surface area contributed by atoms with Crippen molar-refractivity contribution in [2.45, 2.75) is 18.2 Å². The fourth-order valence-corrected chi connectivity index (χ4v) is 4.63. The van der Waals surface area contributed by atoms with Crippen LogP contribution in [0.1, 0.15) is 5.56 Å². The number of thioether (sulfide) groups is 1. The van der Waals surface area contributed by atoms with Crippen LogP contribution in [0.5, 0.6) is 0 Å². The summed E-state index contributed by atoms with van der Waals surface area (Å²) in [5.74, 6) is 0.196. The molecule has 0 fully saturated rings. The molecule has 1 amide bonds. The fourth-order valence-electron chi connectivity index (χ4n) is 2.64. The van der Waals surface area contributed by atoms with Gasteiger partial charge in [-0.1, -0.05) is 27.7 Å². The Morgan fingerprint density at radius 1 is 1.39 bits per heavy atom. The zero-order chi connectivity index (χ0) is 20.1.